The second-order valence-corrected chi connectivity index (χ2v) is 6.41. The van der Waals surface area contributed by atoms with E-state index in [9.17, 15) is 4.79 Å². The Bertz CT molecular complexity index is 821. The number of rotatable bonds is 3. The van der Waals surface area contributed by atoms with Gasteiger partial charge in [-0.1, -0.05) is 42.4 Å². The highest BCUT2D eigenvalue weighted by Gasteiger charge is 2.45. The number of alkyl halides is 1. The molecule has 24 heavy (non-hydrogen) atoms. The number of nitrogens with one attached hydrogen (secondary N) is 1. The molecule has 0 radical (unpaired) electrons. The van der Waals surface area contributed by atoms with Crippen molar-refractivity contribution in [3.8, 4) is 0 Å². The summed E-state index contributed by atoms with van der Waals surface area (Å²) in [4.78, 5) is 16.8. The van der Waals surface area contributed by atoms with E-state index in [2.05, 4.69) is 16.9 Å². The molecule has 5 heteroatoms. The van der Waals surface area contributed by atoms with Crippen molar-refractivity contribution in [3.05, 3.63) is 70.5 Å². The average Bonchev–Trinajstić information content (AvgIpc) is 2.59. The molecular weight excluding hydrogens is 327 g/mol. The maximum atomic E-state index is 15.5. The van der Waals surface area contributed by atoms with E-state index in [4.69, 9.17) is 11.6 Å². The molecule has 1 heterocycles. The van der Waals surface area contributed by atoms with Crippen molar-refractivity contribution in [3.63, 3.8) is 0 Å². The largest absolute Gasteiger partial charge is 0.349 e. The Morgan fingerprint density at radius 3 is 3.00 bits per heavy atom. The van der Waals surface area contributed by atoms with Crippen LogP contribution in [0.3, 0.4) is 0 Å². The first-order valence-corrected chi connectivity index (χ1v) is 8.16. The number of aromatic nitrogens is 1. The van der Waals surface area contributed by atoms with Crippen LogP contribution in [0.4, 0.5) is 4.39 Å². The average molecular weight is 345 g/mol. The molecule has 1 N–H and O–H groups in total. The topological polar surface area (TPSA) is 42.0 Å². The fraction of sp³-hybridized carbons (Fsp3) is 0.263. The van der Waals surface area contributed by atoms with E-state index in [1.807, 2.05) is 25.1 Å². The number of hydrogen-bond donors (Lipinski definition) is 1. The van der Waals surface area contributed by atoms with E-state index in [1.54, 1.807) is 18.3 Å². The highest BCUT2D eigenvalue weighted by molar-refractivity contribution is 6.32. The Hall–Kier alpha value is -2.20. The van der Waals surface area contributed by atoms with Gasteiger partial charge in [0, 0.05) is 23.3 Å². The first kappa shape index (κ1) is 16.7. The second-order valence-electron chi connectivity index (χ2n) is 6.03. The van der Waals surface area contributed by atoms with Crippen LogP contribution in [-0.2, 0) is 17.0 Å². The molecule has 0 saturated carbocycles. The van der Waals surface area contributed by atoms with Crippen LogP contribution in [-0.4, -0.2) is 10.9 Å². The summed E-state index contributed by atoms with van der Waals surface area (Å²) in [7, 11) is 0. The van der Waals surface area contributed by atoms with Gasteiger partial charge < -0.3 is 5.32 Å². The van der Waals surface area contributed by atoms with Crippen LogP contribution in [0, 0.1) is 6.92 Å². The van der Waals surface area contributed by atoms with Crippen LogP contribution in [0.15, 0.2) is 43.1 Å². The third kappa shape index (κ3) is 2.82. The van der Waals surface area contributed by atoms with Gasteiger partial charge in [-0.25, -0.2) is 4.39 Å². The van der Waals surface area contributed by atoms with Crippen LogP contribution >= 0.6 is 11.6 Å². The molecule has 3 nitrogen and oxygen atoms in total. The van der Waals surface area contributed by atoms with Gasteiger partial charge in [0.1, 0.15) is 0 Å². The molecule has 1 unspecified atom stereocenters. The van der Waals surface area contributed by atoms with E-state index in [1.165, 1.54) is 0 Å². The highest BCUT2D eigenvalue weighted by atomic mass is 35.5. The van der Waals surface area contributed by atoms with Crippen molar-refractivity contribution in [2.75, 3.05) is 0 Å². The number of aryl methyl sites for hydroxylation is 1. The van der Waals surface area contributed by atoms with Crippen molar-refractivity contribution in [1.82, 2.24) is 10.3 Å². The Labute approximate surface area is 145 Å². The molecule has 0 bridgehead atoms. The zero-order valence-electron chi connectivity index (χ0n) is 13.4. The molecule has 0 fully saturated rings. The first-order chi connectivity index (χ1) is 11.4. The molecule has 1 aromatic heterocycles. The lowest BCUT2D eigenvalue weighted by Crippen LogP contribution is -2.43. The van der Waals surface area contributed by atoms with E-state index in [-0.39, 0.29) is 18.5 Å². The van der Waals surface area contributed by atoms with Crippen molar-refractivity contribution in [2.24, 2.45) is 0 Å². The number of carbonyl (C=O) groups is 1. The van der Waals surface area contributed by atoms with Gasteiger partial charge in [0.05, 0.1) is 5.69 Å². The van der Waals surface area contributed by atoms with Crippen molar-refractivity contribution >= 4 is 23.1 Å². The first-order valence-electron chi connectivity index (χ1n) is 7.78. The Kier molecular flexibility index (Phi) is 4.41. The lowest BCUT2D eigenvalue weighted by atomic mass is 9.80. The summed E-state index contributed by atoms with van der Waals surface area (Å²) in [6.07, 6.45) is 2.05. The van der Waals surface area contributed by atoms with Gasteiger partial charge in [0.15, 0.2) is 0 Å². The van der Waals surface area contributed by atoms with E-state index >= 15 is 4.39 Å². The van der Waals surface area contributed by atoms with Gasteiger partial charge in [0.25, 0.3) is 5.91 Å². The Morgan fingerprint density at radius 1 is 1.42 bits per heavy atom. The summed E-state index contributed by atoms with van der Waals surface area (Å²) < 4.78 is 15.5. The third-order valence-corrected chi connectivity index (χ3v) is 4.95. The molecule has 1 aromatic carbocycles. The van der Waals surface area contributed by atoms with Crippen LogP contribution in [0.1, 0.15) is 35.2 Å². The molecule has 3 rings (SSSR count). The SMILES string of the molecule is C=C1CCC(F)(C(=O)NCc2cccc(C)c2Cl)c2cccnc21. The number of allylic oxidation sites excluding steroid dienone is 1. The summed E-state index contributed by atoms with van der Waals surface area (Å²) in [5.74, 6) is -0.665. The third-order valence-electron chi connectivity index (χ3n) is 4.41. The molecule has 0 spiro atoms. The lowest BCUT2D eigenvalue weighted by molar-refractivity contribution is -0.134. The summed E-state index contributed by atoms with van der Waals surface area (Å²) in [5.41, 5.74) is 1.11. The fourth-order valence-electron chi connectivity index (χ4n) is 2.98. The Balaban J connectivity index is 1.84. The molecule has 2 aromatic rings. The molecule has 124 valence electrons. The minimum Gasteiger partial charge on any atom is -0.349 e. The lowest BCUT2D eigenvalue weighted by Gasteiger charge is -2.31. The molecule has 0 aliphatic heterocycles. The van der Waals surface area contributed by atoms with E-state index < -0.39 is 11.6 Å². The molecule has 0 saturated heterocycles. The number of halogens is 2. The normalized spacial score (nSPS) is 19.7. The van der Waals surface area contributed by atoms with E-state index in [0.717, 1.165) is 16.7 Å². The summed E-state index contributed by atoms with van der Waals surface area (Å²) in [6.45, 7) is 5.99. The van der Waals surface area contributed by atoms with Gasteiger partial charge in [0.2, 0.25) is 5.67 Å². The Morgan fingerprint density at radius 2 is 2.21 bits per heavy atom. The smallest absolute Gasteiger partial charge is 0.262 e. The van der Waals surface area contributed by atoms with Crippen molar-refractivity contribution in [1.29, 1.82) is 0 Å². The van der Waals surface area contributed by atoms with Crippen LogP contribution in [0.5, 0.6) is 0 Å². The maximum Gasteiger partial charge on any atom is 0.262 e. The van der Waals surface area contributed by atoms with Gasteiger partial charge in [-0.2, -0.15) is 0 Å². The number of pyridine rings is 1. The van der Waals surface area contributed by atoms with Crippen LogP contribution in [0.25, 0.3) is 5.57 Å². The minimum atomic E-state index is -2.10. The summed E-state index contributed by atoms with van der Waals surface area (Å²) in [5, 5.41) is 3.26. The molecule has 1 aliphatic rings. The summed E-state index contributed by atoms with van der Waals surface area (Å²) in [6, 6.07) is 8.80. The predicted octanol–water partition coefficient (Wildman–Crippen LogP) is 4.33. The zero-order chi connectivity index (χ0) is 17.3. The van der Waals surface area contributed by atoms with Gasteiger partial charge >= 0.3 is 0 Å². The van der Waals surface area contributed by atoms with E-state index in [0.29, 0.717) is 17.1 Å². The summed E-state index contributed by atoms with van der Waals surface area (Å²) >= 11 is 6.23. The quantitative estimate of drug-likeness (QED) is 0.900. The fourth-order valence-corrected chi connectivity index (χ4v) is 3.17. The van der Waals surface area contributed by atoms with Crippen molar-refractivity contribution < 1.29 is 9.18 Å². The second kappa shape index (κ2) is 6.36. The van der Waals surface area contributed by atoms with Crippen molar-refractivity contribution in [2.45, 2.75) is 32.0 Å². The van der Waals surface area contributed by atoms with Gasteiger partial charge in [-0.15, -0.1) is 0 Å². The minimum absolute atomic E-state index is 0.0674. The monoisotopic (exact) mass is 344 g/mol. The van der Waals surface area contributed by atoms with Gasteiger partial charge in [-0.3, -0.25) is 9.78 Å². The molecule has 1 atom stereocenters. The maximum absolute atomic E-state index is 15.5. The zero-order valence-corrected chi connectivity index (χ0v) is 14.2. The standard InChI is InChI=1S/C19H18ClFN2O/c1-12-5-3-6-14(16(12)20)11-23-18(24)19(21)9-8-13(2)17-15(19)7-4-10-22-17/h3-7,10H,2,8-9,11H2,1H3,(H,23,24). The van der Waals surface area contributed by atoms with Crippen LogP contribution < -0.4 is 5.32 Å². The highest BCUT2D eigenvalue weighted by Crippen LogP contribution is 2.42. The number of hydrogen-bond acceptors (Lipinski definition) is 2. The number of amides is 1. The number of nitrogens with zero attached hydrogens (tertiary/aromatic N) is 1. The molecular formula is C19H18ClFN2O. The van der Waals surface area contributed by atoms with Crippen LogP contribution in [0.2, 0.25) is 5.02 Å². The molecule has 1 amide bonds. The van der Waals surface area contributed by atoms with Gasteiger partial charge in [-0.05, 0) is 42.5 Å². The number of benzene rings is 1. The predicted molar refractivity (Wildman–Crippen MR) is 93.3 cm³/mol. The number of fused-ring (bicyclic) bond motifs is 1. The molecule has 1 aliphatic carbocycles. The number of carbonyl (C=O) groups excluding carboxylic acids is 1.